The Morgan fingerprint density at radius 2 is 1.93 bits per heavy atom. The lowest BCUT2D eigenvalue weighted by atomic mass is 9.93. The van der Waals surface area contributed by atoms with Crippen LogP contribution >= 0.6 is 0 Å². The van der Waals surface area contributed by atoms with Gasteiger partial charge in [-0.3, -0.25) is 9.48 Å². The molecule has 146 valence electrons. The first-order valence-corrected chi connectivity index (χ1v) is 9.84. The molecule has 2 aromatic carbocycles. The molecule has 1 atom stereocenters. The van der Waals surface area contributed by atoms with Gasteiger partial charge < -0.3 is 9.64 Å². The van der Waals surface area contributed by atoms with Crippen molar-refractivity contribution in [3.8, 4) is 5.75 Å². The van der Waals surface area contributed by atoms with Crippen LogP contribution in [0.4, 0.5) is 0 Å². The molecule has 28 heavy (non-hydrogen) atoms. The second-order valence-corrected chi connectivity index (χ2v) is 7.59. The Balaban J connectivity index is 1.40. The molecule has 4 rings (SSSR count). The Hall–Kier alpha value is -2.89. The average Bonchev–Trinajstić information content (AvgIpc) is 3.25. The van der Waals surface area contributed by atoms with Crippen LogP contribution in [0.2, 0.25) is 0 Å². The van der Waals surface area contributed by atoms with E-state index in [1.807, 2.05) is 40.9 Å². The molecule has 1 aliphatic heterocycles. The summed E-state index contributed by atoms with van der Waals surface area (Å²) >= 11 is 0. The molecular weight excluding hydrogens is 352 g/mol. The summed E-state index contributed by atoms with van der Waals surface area (Å²) in [7, 11) is 1.67. The zero-order valence-corrected chi connectivity index (χ0v) is 16.4. The van der Waals surface area contributed by atoms with Crippen LogP contribution in [0.15, 0.2) is 48.8 Å². The number of fused-ring (bicyclic) bond motifs is 1. The van der Waals surface area contributed by atoms with E-state index in [2.05, 4.69) is 28.5 Å². The lowest BCUT2D eigenvalue weighted by Gasteiger charge is -2.33. The predicted octanol–water partition coefficient (Wildman–Crippen LogP) is 3.48. The third-order valence-electron chi connectivity index (χ3n) is 5.79. The van der Waals surface area contributed by atoms with Gasteiger partial charge in [-0.25, -0.2) is 0 Å². The SMILES string of the molecule is COc1ccc2cc([C@H](C)C(=O)N3CCC(Cn4ccnn4)CC3)ccc2c1. The van der Waals surface area contributed by atoms with Gasteiger partial charge in [-0.2, -0.15) is 0 Å². The summed E-state index contributed by atoms with van der Waals surface area (Å²) in [6.45, 7) is 4.51. The fourth-order valence-corrected chi connectivity index (χ4v) is 3.99. The van der Waals surface area contributed by atoms with Gasteiger partial charge >= 0.3 is 0 Å². The van der Waals surface area contributed by atoms with Gasteiger partial charge in [0.2, 0.25) is 5.91 Å². The van der Waals surface area contributed by atoms with Gasteiger partial charge in [0, 0.05) is 25.8 Å². The molecule has 0 aliphatic carbocycles. The van der Waals surface area contributed by atoms with Crippen LogP contribution in [-0.4, -0.2) is 46.0 Å². The van der Waals surface area contributed by atoms with Crippen LogP contribution in [0.3, 0.4) is 0 Å². The minimum Gasteiger partial charge on any atom is -0.497 e. The number of nitrogens with zero attached hydrogens (tertiary/aromatic N) is 4. The highest BCUT2D eigenvalue weighted by atomic mass is 16.5. The number of benzene rings is 2. The van der Waals surface area contributed by atoms with Crippen LogP contribution in [0, 0.1) is 5.92 Å². The third-order valence-corrected chi connectivity index (χ3v) is 5.79. The zero-order valence-electron chi connectivity index (χ0n) is 16.4. The number of carbonyl (C=O) groups excluding carboxylic acids is 1. The summed E-state index contributed by atoms with van der Waals surface area (Å²) < 4.78 is 7.17. The van der Waals surface area contributed by atoms with E-state index in [1.165, 1.54) is 0 Å². The maximum absolute atomic E-state index is 13.0. The number of aromatic nitrogens is 3. The van der Waals surface area contributed by atoms with Gasteiger partial charge in [0.05, 0.1) is 19.2 Å². The number of amides is 1. The highest BCUT2D eigenvalue weighted by molar-refractivity contribution is 5.88. The largest absolute Gasteiger partial charge is 0.497 e. The van der Waals surface area contributed by atoms with Crippen molar-refractivity contribution in [3.63, 3.8) is 0 Å². The van der Waals surface area contributed by atoms with E-state index in [9.17, 15) is 4.79 Å². The first-order valence-electron chi connectivity index (χ1n) is 9.84. The number of ether oxygens (including phenoxy) is 1. The standard InChI is InChI=1S/C22H26N4O2/c1-16(18-3-4-20-14-21(28-2)6-5-19(20)13-18)22(27)25-10-7-17(8-11-25)15-26-12-9-23-24-26/h3-6,9,12-14,16-17H,7-8,10-11,15H2,1-2H3/t16-/m0/s1. The Kier molecular flexibility index (Phi) is 5.28. The first kappa shape index (κ1) is 18.5. The van der Waals surface area contributed by atoms with Crippen molar-refractivity contribution in [2.24, 2.45) is 5.92 Å². The van der Waals surface area contributed by atoms with Crippen molar-refractivity contribution < 1.29 is 9.53 Å². The van der Waals surface area contributed by atoms with Gasteiger partial charge in [-0.1, -0.05) is 29.5 Å². The summed E-state index contributed by atoms with van der Waals surface area (Å²) in [4.78, 5) is 15.1. The molecule has 1 aliphatic rings. The molecule has 0 bridgehead atoms. The second kappa shape index (κ2) is 8.00. The summed E-state index contributed by atoms with van der Waals surface area (Å²) in [5.41, 5.74) is 1.06. The highest BCUT2D eigenvalue weighted by Crippen LogP contribution is 2.27. The number of hydrogen-bond donors (Lipinski definition) is 0. The molecule has 2 heterocycles. The number of piperidine rings is 1. The summed E-state index contributed by atoms with van der Waals surface area (Å²) in [6.07, 6.45) is 5.63. The molecule has 6 heteroatoms. The molecule has 3 aromatic rings. The Labute approximate surface area is 165 Å². The van der Waals surface area contributed by atoms with Crippen molar-refractivity contribution in [1.29, 1.82) is 0 Å². The minimum absolute atomic E-state index is 0.140. The smallest absolute Gasteiger partial charge is 0.229 e. The quantitative estimate of drug-likeness (QED) is 0.682. The van der Waals surface area contributed by atoms with E-state index in [0.717, 1.165) is 54.6 Å². The van der Waals surface area contributed by atoms with Crippen LogP contribution in [0.5, 0.6) is 5.75 Å². The van der Waals surface area contributed by atoms with E-state index in [-0.39, 0.29) is 11.8 Å². The van der Waals surface area contributed by atoms with E-state index >= 15 is 0 Å². The summed E-state index contributed by atoms with van der Waals surface area (Å²) in [5.74, 6) is 1.47. The second-order valence-electron chi connectivity index (χ2n) is 7.59. The molecule has 1 aromatic heterocycles. The Bertz CT molecular complexity index is 946. The zero-order chi connectivity index (χ0) is 19.5. The van der Waals surface area contributed by atoms with Crippen LogP contribution in [-0.2, 0) is 11.3 Å². The van der Waals surface area contributed by atoms with E-state index < -0.39 is 0 Å². The van der Waals surface area contributed by atoms with Gasteiger partial charge in [-0.15, -0.1) is 5.10 Å². The molecule has 0 N–H and O–H groups in total. The molecule has 0 saturated carbocycles. The van der Waals surface area contributed by atoms with Crippen molar-refractivity contribution >= 4 is 16.7 Å². The number of methoxy groups -OCH3 is 1. The number of likely N-dealkylation sites (tertiary alicyclic amines) is 1. The Morgan fingerprint density at radius 1 is 1.18 bits per heavy atom. The van der Waals surface area contributed by atoms with Gasteiger partial charge in [0.1, 0.15) is 5.75 Å². The van der Waals surface area contributed by atoms with E-state index in [1.54, 1.807) is 13.3 Å². The number of hydrogen-bond acceptors (Lipinski definition) is 4. The van der Waals surface area contributed by atoms with Crippen molar-refractivity contribution in [3.05, 3.63) is 54.4 Å². The van der Waals surface area contributed by atoms with E-state index in [4.69, 9.17) is 4.74 Å². The minimum atomic E-state index is -0.140. The molecule has 0 unspecified atom stereocenters. The maximum atomic E-state index is 13.0. The van der Waals surface area contributed by atoms with Crippen molar-refractivity contribution in [1.82, 2.24) is 19.9 Å². The summed E-state index contributed by atoms with van der Waals surface area (Å²) in [5, 5.41) is 10.2. The van der Waals surface area contributed by atoms with Gasteiger partial charge in [0.25, 0.3) is 0 Å². The monoisotopic (exact) mass is 378 g/mol. The topological polar surface area (TPSA) is 60.2 Å². The lowest BCUT2D eigenvalue weighted by molar-refractivity contribution is -0.133. The summed E-state index contributed by atoms with van der Waals surface area (Å²) in [6, 6.07) is 12.3. The third kappa shape index (κ3) is 3.86. The fraction of sp³-hybridized carbons (Fsp3) is 0.409. The van der Waals surface area contributed by atoms with Gasteiger partial charge in [-0.05, 0) is 54.2 Å². The highest BCUT2D eigenvalue weighted by Gasteiger charge is 2.27. The lowest BCUT2D eigenvalue weighted by Crippen LogP contribution is -2.41. The molecule has 1 amide bonds. The number of carbonyl (C=O) groups is 1. The normalized spacial score (nSPS) is 16.3. The molecule has 6 nitrogen and oxygen atoms in total. The molecule has 0 spiro atoms. The Morgan fingerprint density at radius 3 is 2.64 bits per heavy atom. The molecular formula is C22H26N4O2. The molecule has 1 saturated heterocycles. The average molecular weight is 378 g/mol. The van der Waals surface area contributed by atoms with Crippen molar-refractivity contribution in [2.75, 3.05) is 20.2 Å². The number of rotatable bonds is 5. The van der Waals surface area contributed by atoms with Crippen LogP contribution < -0.4 is 4.74 Å². The molecule has 0 radical (unpaired) electrons. The van der Waals surface area contributed by atoms with Gasteiger partial charge in [0.15, 0.2) is 0 Å². The predicted molar refractivity (Wildman–Crippen MR) is 108 cm³/mol. The van der Waals surface area contributed by atoms with Crippen LogP contribution in [0.25, 0.3) is 10.8 Å². The van der Waals surface area contributed by atoms with E-state index in [0.29, 0.717) is 5.92 Å². The first-order chi connectivity index (χ1) is 13.6. The fourth-order valence-electron chi connectivity index (χ4n) is 3.99. The van der Waals surface area contributed by atoms with Crippen LogP contribution in [0.1, 0.15) is 31.2 Å². The molecule has 1 fully saturated rings. The van der Waals surface area contributed by atoms with Crippen molar-refractivity contribution in [2.45, 2.75) is 32.2 Å². The maximum Gasteiger partial charge on any atom is 0.229 e.